The van der Waals surface area contributed by atoms with E-state index in [0.717, 1.165) is 31.3 Å². The quantitative estimate of drug-likeness (QED) is 0.361. The first kappa shape index (κ1) is 28.0. The van der Waals surface area contributed by atoms with Crippen molar-refractivity contribution in [2.75, 3.05) is 0 Å². The SMILES string of the molecule is C[C@H](CCCC(O)(C(F)(F)F)C(F)(F)F)[C@H]1CC[C@H]2C3=CC=C4C[C@@H](O)C[C@H](O)[C@]4(C)[C@H]3CC[C@]12C. The van der Waals surface area contributed by atoms with Crippen LogP contribution in [0.1, 0.15) is 78.6 Å². The zero-order chi connectivity index (χ0) is 26.9. The number of aliphatic hydroxyl groups is 3. The molecule has 0 aromatic rings. The number of hydrogen-bond donors (Lipinski definition) is 3. The van der Waals surface area contributed by atoms with Gasteiger partial charge in [-0.3, -0.25) is 0 Å². The van der Waals surface area contributed by atoms with Crippen LogP contribution in [-0.2, 0) is 0 Å². The van der Waals surface area contributed by atoms with Crippen LogP contribution in [0.4, 0.5) is 26.3 Å². The average Bonchev–Trinajstić information content (AvgIpc) is 3.10. The molecule has 3 fully saturated rings. The minimum absolute atomic E-state index is 0.0800. The molecule has 36 heavy (non-hydrogen) atoms. The maximum atomic E-state index is 13.1. The van der Waals surface area contributed by atoms with Gasteiger partial charge in [-0.1, -0.05) is 50.5 Å². The number of allylic oxidation sites excluding steroid dienone is 3. The average molecular weight is 525 g/mol. The second-order valence-electron chi connectivity index (χ2n) is 12.3. The Labute approximate surface area is 208 Å². The predicted octanol–water partition coefficient (Wildman–Crippen LogP) is 6.48. The molecule has 3 saturated carbocycles. The zero-order valence-electron chi connectivity index (χ0n) is 21.1. The monoisotopic (exact) mass is 524 g/mol. The maximum absolute atomic E-state index is 13.1. The Balaban J connectivity index is 1.48. The molecule has 3 nitrogen and oxygen atoms in total. The molecule has 0 spiro atoms. The summed E-state index contributed by atoms with van der Waals surface area (Å²) in [5.41, 5.74) is -2.85. The number of rotatable bonds is 5. The van der Waals surface area contributed by atoms with Gasteiger partial charge in [0.2, 0.25) is 0 Å². The lowest BCUT2D eigenvalue weighted by Gasteiger charge is -2.56. The summed E-state index contributed by atoms with van der Waals surface area (Å²) in [6.07, 6.45) is -5.71. The van der Waals surface area contributed by atoms with Crippen molar-refractivity contribution < 1.29 is 41.7 Å². The second kappa shape index (κ2) is 9.01. The minimum atomic E-state index is -5.77. The van der Waals surface area contributed by atoms with Crippen LogP contribution >= 0.6 is 0 Å². The number of halogens is 6. The minimum Gasteiger partial charge on any atom is -0.393 e. The van der Waals surface area contributed by atoms with Gasteiger partial charge in [0.15, 0.2) is 0 Å². The Morgan fingerprint density at radius 3 is 2.22 bits per heavy atom. The van der Waals surface area contributed by atoms with Gasteiger partial charge in [0.25, 0.3) is 5.60 Å². The van der Waals surface area contributed by atoms with Crippen LogP contribution in [0.25, 0.3) is 0 Å². The lowest BCUT2D eigenvalue weighted by Crippen LogP contribution is -2.56. The summed E-state index contributed by atoms with van der Waals surface area (Å²) in [7, 11) is 0. The Bertz CT molecular complexity index is 894. The molecule has 0 aromatic heterocycles. The van der Waals surface area contributed by atoms with Crippen molar-refractivity contribution in [3.05, 3.63) is 23.3 Å². The summed E-state index contributed by atoms with van der Waals surface area (Å²) in [4.78, 5) is 0. The van der Waals surface area contributed by atoms with Crippen molar-refractivity contribution in [2.24, 2.45) is 34.5 Å². The van der Waals surface area contributed by atoms with E-state index in [4.69, 9.17) is 0 Å². The number of hydrogen-bond acceptors (Lipinski definition) is 3. The van der Waals surface area contributed by atoms with E-state index in [1.807, 2.05) is 6.92 Å². The normalized spacial score (nSPS) is 40.1. The molecule has 206 valence electrons. The van der Waals surface area contributed by atoms with E-state index >= 15 is 0 Å². The Morgan fingerprint density at radius 1 is 0.972 bits per heavy atom. The summed E-state index contributed by atoms with van der Waals surface area (Å²) in [6.45, 7) is 6.20. The lowest BCUT2D eigenvalue weighted by atomic mass is 9.49. The van der Waals surface area contributed by atoms with Gasteiger partial charge in [0.1, 0.15) is 0 Å². The molecule has 0 unspecified atom stereocenters. The molecule has 0 saturated heterocycles. The van der Waals surface area contributed by atoms with Crippen LogP contribution in [0.3, 0.4) is 0 Å². The first-order valence-electron chi connectivity index (χ1n) is 13.1. The third-order valence-electron chi connectivity index (χ3n) is 10.5. The molecule has 0 amide bonds. The van der Waals surface area contributed by atoms with Crippen LogP contribution in [0.15, 0.2) is 23.3 Å². The zero-order valence-corrected chi connectivity index (χ0v) is 21.1. The smallest absolute Gasteiger partial charge is 0.393 e. The predicted molar refractivity (Wildman–Crippen MR) is 123 cm³/mol. The molecule has 4 rings (SSSR count). The molecule has 0 aromatic carbocycles. The molecule has 0 radical (unpaired) electrons. The number of fused-ring (bicyclic) bond motifs is 5. The maximum Gasteiger partial charge on any atom is 0.426 e. The second-order valence-corrected chi connectivity index (χ2v) is 12.3. The van der Waals surface area contributed by atoms with Gasteiger partial charge in [-0.05, 0) is 74.0 Å². The Morgan fingerprint density at radius 2 is 1.61 bits per heavy atom. The Hall–Kier alpha value is -1.06. The van der Waals surface area contributed by atoms with Crippen LogP contribution in [0, 0.1) is 34.5 Å². The summed E-state index contributed by atoms with van der Waals surface area (Å²) >= 11 is 0. The van der Waals surface area contributed by atoms with E-state index in [1.54, 1.807) is 0 Å². The van der Waals surface area contributed by atoms with Gasteiger partial charge in [0.05, 0.1) is 12.2 Å². The van der Waals surface area contributed by atoms with Crippen LogP contribution in [-0.4, -0.2) is 45.5 Å². The van der Waals surface area contributed by atoms with Gasteiger partial charge >= 0.3 is 12.4 Å². The van der Waals surface area contributed by atoms with E-state index in [9.17, 15) is 41.7 Å². The van der Waals surface area contributed by atoms with Gasteiger partial charge in [-0.25, -0.2) is 0 Å². The summed E-state index contributed by atoms with van der Waals surface area (Å²) in [5.74, 6) is 0.495. The highest BCUT2D eigenvalue weighted by atomic mass is 19.4. The van der Waals surface area contributed by atoms with Crippen molar-refractivity contribution in [3.63, 3.8) is 0 Å². The number of alkyl halides is 6. The highest BCUT2D eigenvalue weighted by Crippen LogP contribution is 2.66. The van der Waals surface area contributed by atoms with Gasteiger partial charge < -0.3 is 15.3 Å². The van der Waals surface area contributed by atoms with E-state index in [2.05, 4.69) is 26.0 Å². The third kappa shape index (κ3) is 4.15. The fraction of sp³-hybridized carbons (Fsp3) is 0.852. The fourth-order valence-corrected chi connectivity index (χ4v) is 8.35. The van der Waals surface area contributed by atoms with Crippen molar-refractivity contribution in [1.82, 2.24) is 0 Å². The van der Waals surface area contributed by atoms with E-state index < -0.39 is 42.0 Å². The first-order chi connectivity index (χ1) is 16.5. The summed E-state index contributed by atoms with van der Waals surface area (Å²) in [5, 5.41) is 30.6. The van der Waals surface area contributed by atoms with Gasteiger partial charge in [-0.15, -0.1) is 0 Å². The summed E-state index contributed by atoms with van der Waals surface area (Å²) in [6, 6.07) is 0. The largest absolute Gasteiger partial charge is 0.426 e. The van der Waals surface area contributed by atoms with Crippen molar-refractivity contribution in [2.45, 2.75) is 109 Å². The molecule has 4 aliphatic carbocycles. The van der Waals surface area contributed by atoms with Crippen molar-refractivity contribution in [1.29, 1.82) is 0 Å². The molecule has 0 bridgehead atoms. The fourth-order valence-electron chi connectivity index (χ4n) is 8.35. The first-order valence-corrected chi connectivity index (χ1v) is 13.1. The number of aliphatic hydroxyl groups excluding tert-OH is 2. The molecule has 0 aliphatic heterocycles. The van der Waals surface area contributed by atoms with Gasteiger partial charge in [0, 0.05) is 11.8 Å². The van der Waals surface area contributed by atoms with Crippen LogP contribution in [0.5, 0.6) is 0 Å². The molecule has 8 atom stereocenters. The van der Waals surface area contributed by atoms with E-state index in [-0.39, 0.29) is 41.9 Å². The Kier molecular flexibility index (Phi) is 7.00. The molecule has 0 heterocycles. The third-order valence-corrected chi connectivity index (χ3v) is 10.5. The highest BCUT2D eigenvalue weighted by Gasteiger charge is 2.69. The molecule has 3 N–H and O–H groups in total. The molecular formula is C27H38F6O3. The molecule has 9 heteroatoms. The van der Waals surface area contributed by atoms with Gasteiger partial charge in [-0.2, -0.15) is 26.3 Å². The standard InChI is InChI=1S/C27H38F6O3/c1-15(5-4-11-25(36,26(28,29)30)27(31,32)33)19-8-9-20-18-7-6-16-13-17(34)14-22(35)24(16,3)21(18)10-12-23(19,20)2/h6-7,15,17,19-22,34-36H,4-5,8-14H2,1-3H3/t15-,17-,19-,20+,21+,22+,23-,24+/m1/s1. The van der Waals surface area contributed by atoms with Crippen LogP contribution < -0.4 is 0 Å². The summed E-state index contributed by atoms with van der Waals surface area (Å²) < 4.78 is 78.3. The topological polar surface area (TPSA) is 60.7 Å². The van der Waals surface area contributed by atoms with Crippen molar-refractivity contribution in [3.8, 4) is 0 Å². The van der Waals surface area contributed by atoms with Crippen molar-refractivity contribution >= 4 is 0 Å². The van der Waals surface area contributed by atoms with E-state index in [0.29, 0.717) is 12.8 Å². The van der Waals surface area contributed by atoms with E-state index in [1.165, 1.54) is 5.57 Å². The van der Waals surface area contributed by atoms with Crippen LogP contribution in [0.2, 0.25) is 0 Å². The molecule has 4 aliphatic rings. The lowest BCUT2D eigenvalue weighted by molar-refractivity contribution is -0.370. The highest BCUT2D eigenvalue weighted by molar-refractivity contribution is 5.40. The molecular weight excluding hydrogens is 486 g/mol.